The van der Waals surface area contributed by atoms with Crippen molar-refractivity contribution in [1.82, 2.24) is 0 Å². The molecule has 0 heterocycles. The molecule has 73 valence electrons. The Hall–Kier alpha value is -0.210. The third-order valence-electron chi connectivity index (χ3n) is 1.74. The molecule has 0 rings (SSSR count). The van der Waals surface area contributed by atoms with Crippen LogP contribution >= 0.6 is 0 Å². The molecule has 1 unspecified atom stereocenters. The molecule has 0 aliphatic carbocycles. The summed E-state index contributed by atoms with van der Waals surface area (Å²) in [5.41, 5.74) is 0. The zero-order valence-corrected chi connectivity index (χ0v) is 7.78. The summed E-state index contributed by atoms with van der Waals surface area (Å²) >= 11 is 0. The van der Waals surface area contributed by atoms with E-state index in [0.717, 1.165) is 0 Å². The molecule has 0 bridgehead atoms. The molecule has 1 atom stereocenters. The van der Waals surface area contributed by atoms with Crippen LogP contribution in [0, 0.1) is 18.3 Å². The summed E-state index contributed by atoms with van der Waals surface area (Å²) in [6.45, 7) is 5.29. The highest BCUT2D eigenvalue weighted by molar-refractivity contribution is 4.74. The summed E-state index contributed by atoms with van der Waals surface area (Å²) in [7, 11) is 0. The molecule has 0 aromatic carbocycles. The zero-order valence-electron chi connectivity index (χ0n) is 7.78. The van der Waals surface area contributed by atoms with Gasteiger partial charge in [-0.05, 0) is 25.2 Å². The summed E-state index contributed by atoms with van der Waals surface area (Å²) in [4.78, 5) is 0. The molecule has 3 heteroatoms. The van der Waals surface area contributed by atoms with E-state index in [-0.39, 0.29) is 18.8 Å². The first-order valence-corrected chi connectivity index (χ1v) is 4.22. The smallest absolute Gasteiger partial charge is 0.171 e. The molecular formula is C9H16F3. The van der Waals surface area contributed by atoms with Gasteiger partial charge >= 0.3 is 6.18 Å². The molecule has 0 N–H and O–H groups in total. The molecule has 0 amide bonds. The summed E-state index contributed by atoms with van der Waals surface area (Å²) in [5, 5.41) is 0. The average Bonchev–Trinajstić information content (AvgIpc) is 1.83. The van der Waals surface area contributed by atoms with Crippen LogP contribution in [0.5, 0.6) is 0 Å². The Morgan fingerprint density at radius 1 is 1.25 bits per heavy atom. The van der Waals surface area contributed by atoms with Crippen molar-refractivity contribution in [2.45, 2.75) is 39.8 Å². The van der Waals surface area contributed by atoms with Crippen molar-refractivity contribution in [1.29, 1.82) is 0 Å². The van der Waals surface area contributed by atoms with Gasteiger partial charge in [0.2, 0.25) is 0 Å². The van der Waals surface area contributed by atoms with E-state index in [9.17, 15) is 13.2 Å². The SMILES string of the molecule is C[CH]CC(CC(C)C)C(F)(F)F. The van der Waals surface area contributed by atoms with Gasteiger partial charge < -0.3 is 0 Å². The summed E-state index contributed by atoms with van der Waals surface area (Å²) in [5.74, 6) is -1.04. The van der Waals surface area contributed by atoms with Gasteiger partial charge in [-0.25, -0.2) is 0 Å². The number of halogens is 3. The van der Waals surface area contributed by atoms with Crippen molar-refractivity contribution < 1.29 is 13.2 Å². The second kappa shape index (κ2) is 4.73. The third-order valence-corrected chi connectivity index (χ3v) is 1.74. The van der Waals surface area contributed by atoms with Gasteiger partial charge in [-0.2, -0.15) is 13.2 Å². The molecule has 0 aromatic heterocycles. The lowest BCUT2D eigenvalue weighted by Crippen LogP contribution is -2.24. The van der Waals surface area contributed by atoms with Crippen LogP contribution in [-0.2, 0) is 0 Å². The average molecular weight is 181 g/mol. The number of hydrogen-bond donors (Lipinski definition) is 0. The predicted molar refractivity (Wildman–Crippen MR) is 43.6 cm³/mol. The summed E-state index contributed by atoms with van der Waals surface area (Å²) < 4.78 is 36.7. The van der Waals surface area contributed by atoms with Crippen molar-refractivity contribution in [3.05, 3.63) is 6.42 Å². The summed E-state index contributed by atoms with van der Waals surface area (Å²) in [6.07, 6.45) is -2.08. The minimum Gasteiger partial charge on any atom is -0.171 e. The van der Waals surface area contributed by atoms with Gasteiger partial charge in [0, 0.05) is 0 Å². The van der Waals surface area contributed by atoms with Crippen LogP contribution in [0.15, 0.2) is 0 Å². The Bertz CT molecular complexity index is 115. The molecule has 0 spiro atoms. The minimum atomic E-state index is -4.03. The third kappa shape index (κ3) is 4.62. The molecule has 0 nitrogen and oxygen atoms in total. The van der Waals surface area contributed by atoms with Crippen molar-refractivity contribution >= 4 is 0 Å². The molecule has 0 aliphatic rings. The Kier molecular flexibility index (Phi) is 4.64. The van der Waals surface area contributed by atoms with Gasteiger partial charge in [0.05, 0.1) is 5.92 Å². The molecule has 0 aliphatic heterocycles. The second-order valence-corrected chi connectivity index (χ2v) is 3.51. The van der Waals surface area contributed by atoms with Crippen molar-refractivity contribution in [2.24, 2.45) is 11.8 Å². The second-order valence-electron chi connectivity index (χ2n) is 3.51. The van der Waals surface area contributed by atoms with Gasteiger partial charge in [0.1, 0.15) is 0 Å². The van der Waals surface area contributed by atoms with E-state index in [0.29, 0.717) is 0 Å². The lowest BCUT2D eigenvalue weighted by molar-refractivity contribution is -0.178. The molecule has 0 aromatic rings. The molecule has 12 heavy (non-hydrogen) atoms. The van der Waals surface area contributed by atoms with Gasteiger partial charge in [-0.3, -0.25) is 0 Å². The first-order chi connectivity index (χ1) is 5.38. The fourth-order valence-corrected chi connectivity index (χ4v) is 1.22. The maximum absolute atomic E-state index is 12.2. The van der Waals surface area contributed by atoms with Crippen LogP contribution in [0.3, 0.4) is 0 Å². The van der Waals surface area contributed by atoms with Gasteiger partial charge in [0.15, 0.2) is 0 Å². The topological polar surface area (TPSA) is 0 Å². The standard InChI is InChI=1S/C9H16F3/c1-4-5-8(6-7(2)3)9(10,11)12/h4,7-8H,5-6H2,1-3H3. The van der Waals surface area contributed by atoms with Crippen molar-refractivity contribution in [3.8, 4) is 0 Å². The first kappa shape index (κ1) is 11.8. The monoisotopic (exact) mass is 181 g/mol. The lowest BCUT2D eigenvalue weighted by Gasteiger charge is -2.21. The minimum absolute atomic E-state index is 0.108. The van der Waals surface area contributed by atoms with E-state index in [1.165, 1.54) is 0 Å². The van der Waals surface area contributed by atoms with Crippen LogP contribution in [0.25, 0.3) is 0 Å². The molecule has 0 saturated carbocycles. The fraction of sp³-hybridized carbons (Fsp3) is 0.889. The predicted octanol–water partition coefficient (Wildman–Crippen LogP) is 3.83. The van der Waals surface area contributed by atoms with Gasteiger partial charge in [0.25, 0.3) is 0 Å². The Balaban J connectivity index is 4.04. The highest BCUT2D eigenvalue weighted by atomic mass is 19.4. The van der Waals surface area contributed by atoms with E-state index in [1.807, 2.05) is 13.8 Å². The van der Waals surface area contributed by atoms with E-state index >= 15 is 0 Å². The number of rotatable bonds is 4. The number of hydrogen-bond acceptors (Lipinski definition) is 0. The van der Waals surface area contributed by atoms with Gasteiger partial charge in [-0.15, -0.1) is 0 Å². The quantitative estimate of drug-likeness (QED) is 0.618. The fourth-order valence-electron chi connectivity index (χ4n) is 1.22. The highest BCUT2D eigenvalue weighted by Gasteiger charge is 2.38. The van der Waals surface area contributed by atoms with Crippen molar-refractivity contribution in [2.75, 3.05) is 0 Å². The van der Waals surface area contributed by atoms with E-state index in [1.54, 1.807) is 13.3 Å². The van der Waals surface area contributed by atoms with Crippen LogP contribution in [0.4, 0.5) is 13.2 Å². The van der Waals surface area contributed by atoms with Crippen LogP contribution in [0.2, 0.25) is 0 Å². The molecule has 0 fully saturated rings. The lowest BCUT2D eigenvalue weighted by atomic mass is 9.93. The maximum Gasteiger partial charge on any atom is 0.391 e. The first-order valence-electron chi connectivity index (χ1n) is 4.22. The molecule has 0 saturated heterocycles. The van der Waals surface area contributed by atoms with E-state index in [4.69, 9.17) is 0 Å². The zero-order chi connectivity index (χ0) is 9.78. The van der Waals surface area contributed by atoms with Crippen LogP contribution in [-0.4, -0.2) is 6.18 Å². The van der Waals surface area contributed by atoms with E-state index in [2.05, 4.69) is 0 Å². The van der Waals surface area contributed by atoms with Crippen molar-refractivity contribution in [3.63, 3.8) is 0 Å². The van der Waals surface area contributed by atoms with Gasteiger partial charge in [-0.1, -0.05) is 20.8 Å². The Morgan fingerprint density at radius 3 is 2.00 bits per heavy atom. The molecular weight excluding hydrogens is 165 g/mol. The summed E-state index contributed by atoms with van der Waals surface area (Å²) in [6, 6.07) is 0. The van der Waals surface area contributed by atoms with E-state index < -0.39 is 12.1 Å². The Labute approximate surface area is 72.2 Å². The normalized spacial score (nSPS) is 15.2. The maximum atomic E-state index is 12.2. The van der Waals surface area contributed by atoms with Crippen LogP contribution < -0.4 is 0 Å². The molecule has 1 radical (unpaired) electrons. The Morgan fingerprint density at radius 2 is 1.75 bits per heavy atom. The van der Waals surface area contributed by atoms with Crippen LogP contribution in [0.1, 0.15) is 33.6 Å². The largest absolute Gasteiger partial charge is 0.391 e. The number of alkyl halides is 3. The highest BCUT2D eigenvalue weighted by Crippen LogP contribution is 2.34.